The van der Waals surface area contributed by atoms with Crippen LogP contribution in [0.5, 0.6) is 0 Å². The summed E-state index contributed by atoms with van der Waals surface area (Å²) in [5, 5.41) is 0. The maximum absolute atomic E-state index is 2.59. The monoisotopic (exact) mass is 167 g/mol. The van der Waals surface area contributed by atoms with Gasteiger partial charge in [0.2, 0.25) is 0 Å². The zero-order chi connectivity index (χ0) is 8.55. The molecular formula is C10H19N2. The summed E-state index contributed by atoms with van der Waals surface area (Å²) in [6, 6.07) is 1.61. The Bertz CT molecular complexity index is 144. The zero-order valence-electron chi connectivity index (χ0n) is 8.16. The highest BCUT2D eigenvalue weighted by Crippen LogP contribution is 2.25. The predicted octanol–water partition coefficient (Wildman–Crippen LogP) is 0.989. The van der Waals surface area contributed by atoms with E-state index < -0.39 is 0 Å². The first-order chi connectivity index (χ1) is 5.81. The molecule has 2 saturated heterocycles. The molecule has 2 heterocycles. The third-order valence-electron chi connectivity index (χ3n) is 3.41. The van der Waals surface area contributed by atoms with E-state index >= 15 is 0 Å². The minimum Gasteiger partial charge on any atom is -0.301 e. The van der Waals surface area contributed by atoms with Gasteiger partial charge in [-0.1, -0.05) is 6.92 Å². The molecule has 2 fully saturated rings. The summed E-state index contributed by atoms with van der Waals surface area (Å²) >= 11 is 0. The van der Waals surface area contributed by atoms with Crippen LogP contribution in [-0.4, -0.2) is 48.6 Å². The average Bonchev–Trinajstić information content (AvgIpc) is 2.04. The number of rotatable bonds is 1. The van der Waals surface area contributed by atoms with E-state index in [9.17, 15) is 0 Å². The summed E-state index contributed by atoms with van der Waals surface area (Å²) in [5.74, 6) is 0. The van der Waals surface area contributed by atoms with Gasteiger partial charge in [0.1, 0.15) is 0 Å². The summed E-state index contributed by atoms with van der Waals surface area (Å²) in [6.07, 6.45) is 5.06. The van der Waals surface area contributed by atoms with Crippen LogP contribution in [0.25, 0.3) is 0 Å². The van der Waals surface area contributed by atoms with Gasteiger partial charge in [-0.3, -0.25) is 4.90 Å². The SMILES string of the molecule is CCN1CC2C[CH]CC(C1)N2C. The number of nitrogens with zero attached hydrogens (tertiary/aromatic N) is 2. The highest BCUT2D eigenvalue weighted by atomic mass is 15.3. The minimum absolute atomic E-state index is 0.803. The summed E-state index contributed by atoms with van der Waals surface area (Å²) in [5.41, 5.74) is 0. The van der Waals surface area contributed by atoms with Crippen LogP contribution in [0.3, 0.4) is 0 Å². The molecule has 0 aliphatic carbocycles. The molecule has 2 aliphatic heterocycles. The molecule has 2 rings (SSSR count). The standard InChI is InChI=1S/C10H19N2/c1-3-12-7-9-5-4-6-10(8-12)11(9)2/h4,9-10H,3,5-8H2,1-2H3. The minimum atomic E-state index is 0.803. The van der Waals surface area contributed by atoms with Gasteiger partial charge in [-0.2, -0.15) is 0 Å². The lowest BCUT2D eigenvalue weighted by atomic mass is 9.92. The number of likely N-dealkylation sites (tertiary alicyclic amines) is 1. The number of piperazine rings is 1. The van der Waals surface area contributed by atoms with Crippen LogP contribution in [0.1, 0.15) is 19.8 Å². The molecule has 2 aliphatic rings. The number of likely N-dealkylation sites (N-methyl/N-ethyl adjacent to an activating group) is 2. The third-order valence-corrected chi connectivity index (χ3v) is 3.41. The zero-order valence-corrected chi connectivity index (χ0v) is 8.16. The molecule has 2 nitrogen and oxygen atoms in total. The van der Waals surface area contributed by atoms with E-state index in [4.69, 9.17) is 0 Å². The number of piperidine rings is 1. The summed E-state index contributed by atoms with van der Waals surface area (Å²) in [6.45, 7) is 6.05. The van der Waals surface area contributed by atoms with E-state index in [0.29, 0.717) is 0 Å². The molecule has 2 unspecified atom stereocenters. The molecule has 0 N–H and O–H groups in total. The topological polar surface area (TPSA) is 6.48 Å². The van der Waals surface area contributed by atoms with Gasteiger partial charge in [0.15, 0.2) is 0 Å². The third kappa shape index (κ3) is 1.38. The van der Waals surface area contributed by atoms with Crippen LogP contribution < -0.4 is 0 Å². The van der Waals surface area contributed by atoms with Crippen LogP contribution in [0.2, 0.25) is 0 Å². The predicted molar refractivity (Wildman–Crippen MR) is 51.0 cm³/mol. The van der Waals surface area contributed by atoms with Crippen molar-refractivity contribution in [2.45, 2.75) is 31.8 Å². The van der Waals surface area contributed by atoms with E-state index in [0.717, 1.165) is 12.1 Å². The Kier molecular flexibility index (Phi) is 2.37. The molecule has 0 aromatic heterocycles. The van der Waals surface area contributed by atoms with Crippen LogP contribution in [0, 0.1) is 6.42 Å². The summed E-state index contributed by atoms with van der Waals surface area (Å²) in [4.78, 5) is 5.16. The Labute approximate surface area is 75.5 Å². The molecule has 0 aromatic rings. The van der Waals surface area contributed by atoms with Crippen molar-refractivity contribution in [1.29, 1.82) is 0 Å². The lowest BCUT2D eigenvalue weighted by Crippen LogP contribution is -2.59. The summed E-state index contributed by atoms with van der Waals surface area (Å²) in [7, 11) is 2.29. The Hall–Kier alpha value is -0.0800. The first kappa shape index (κ1) is 8.52. The Morgan fingerprint density at radius 1 is 1.25 bits per heavy atom. The lowest BCUT2D eigenvalue weighted by molar-refractivity contribution is 0.0279. The van der Waals surface area contributed by atoms with Crippen molar-refractivity contribution >= 4 is 0 Å². The number of hydrogen-bond acceptors (Lipinski definition) is 2. The van der Waals surface area contributed by atoms with E-state index in [1.165, 1.54) is 32.5 Å². The van der Waals surface area contributed by atoms with Crippen molar-refractivity contribution in [2.24, 2.45) is 0 Å². The Morgan fingerprint density at radius 3 is 2.33 bits per heavy atom. The first-order valence-corrected chi connectivity index (χ1v) is 5.07. The molecule has 12 heavy (non-hydrogen) atoms. The fourth-order valence-corrected chi connectivity index (χ4v) is 2.45. The van der Waals surface area contributed by atoms with Crippen molar-refractivity contribution in [3.05, 3.63) is 6.42 Å². The van der Waals surface area contributed by atoms with Gasteiger partial charge in [-0.15, -0.1) is 0 Å². The quantitative estimate of drug-likeness (QED) is 0.574. The van der Waals surface area contributed by atoms with E-state index in [-0.39, 0.29) is 0 Å². The first-order valence-electron chi connectivity index (χ1n) is 5.07. The molecular weight excluding hydrogens is 148 g/mol. The van der Waals surface area contributed by atoms with E-state index in [1.54, 1.807) is 0 Å². The fraction of sp³-hybridized carbons (Fsp3) is 0.900. The molecule has 2 atom stereocenters. The van der Waals surface area contributed by atoms with Gasteiger partial charge in [0.25, 0.3) is 0 Å². The maximum atomic E-state index is 2.59. The lowest BCUT2D eigenvalue weighted by Gasteiger charge is -2.48. The normalized spacial score (nSPS) is 38.5. The molecule has 69 valence electrons. The molecule has 0 saturated carbocycles. The van der Waals surface area contributed by atoms with Crippen molar-refractivity contribution < 1.29 is 0 Å². The summed E-state index contributed by atoms with van der Waals surface area (Å²) < 4.78 is 0. The van der Waals surface area contributed by atoms with Crippen LogP contribution in [0.4, 0.5) is 0 Å². The fourth-order valence-electron chi connectivity index (χ4n) is 2.45. The van der Waals surface area contributed by atoms with Crippen LogP contribution >= 0.6 is 0 Å². The van der Waals surface area contributed by atoms with Gasteiger partial charge < -0.3 is 4.90 Å². The molecule has 0 amide bonds. The molecule has 0 aromatic carbocycles. The molecule has 2 bridgehead atoms. The van der Waals surface area contributed by atoms with Gasteiger partial charge in [0, 0.05) is 25.2 Å². The largest absolute Gasteiger partial charge is 0.301 e. The van der Waals surface area contributed by atoms with Crippen LogP contribution in [-0.2, 0) is 0 Å². The van der Waals surface area contributed by atoms with Crippen LogP contribution in [0.15, 0.2) is 0 Å². The van der Waals surface area contributed by atoms with Crippen molar-refractivity contribution in [3.63, 3.8) is 0 Å². The van der Waals surface area contributed by atoms with Crippen molar-refractivity contribution in [1.82, 2.24) is 9.80 Å². The smallest absolute Gasteiger partial charge is 0.0226 e. The molecule has 1 radical (unpaired) electrons. The molecule has 2 heteroatoms. The van der Waals surface area contributed by atoms with Crippen molar-refractivity contribution in [3.8, 4) is 0 Å². The van der Waals surface area contributed by atoms with E-state index in [2.05, 4.69) is 30.2 Å². The van der Waals surface area contributed by atoms with Gasteiger partial charge >= 0.3 is 0 Å². The highest BCUT2D eigenvalue weighted by Gasteiger charge is 2.33. The number of fused-ring (bicyclic) bond motifs is 2. The number of hydrogen-bond donors (Lipinski definition) is 0. The van der Waals surface area contributed by atoms with Gasteiger partial charge in [-0.05, 0) is 32.9 Å². The Balaban J connectivity index is 2.02. The van der Waals surface area contributed by atoms with E-state index in [1.807, 2.05) is 0 Å². The second-order valence-corrected chi connectivity index (χ2v) is 4.09. The van der Waals surface area contributed by atoms with Gasteiger partial charge in [0.05, 0.1) is 0 Å². The average molecular weight is 167 g/mol. The van der Waals surface area contributed by atoms with Crippen molar-refractivity contribution in [2.75, 3.05) is 26.7 Å². The van der Waals surface area contributed by atoms with Gasteiger partial charge in [-0.25, -0.2) is 0 Å². The second kappa shape index (κ2) is 3.35. The Morgan fingerprint density at radius 2 is 1.83 bits per heavy atom. The second-order valence-electron chi connectivity index (χ2n) is 4.09. The highest BCUT2D eigenvalue weighted by molar-refractivity contribution is 4.97. The maximum Gasteiger partial charge on any atom is 0.0226 e. The molecule has 0 spiro atoms.